The van der Waals surface area contributed by atoms with Gasteiger partial charge >= 0.3 is 0 Å². The van der Waals surface area contributed by atoms with E-state index in [1.54, 1.807) is 45.4 Å². The Kier molecular flexibility index (Phi) is 5.16. The van der Waals surface area contributed by atoms with E-state index in [1.807, 2.05) is 4.52 Å². The molecular weight excluding hydrogens is 436 g/mol. The first-order valence-corrected chi connectivity index (χ1v) is 13.0. The van der Waals surface area contributed by atoms with Crippen LogP contribution in [0, 0.1) is 11.3 Å². The van der Waals surface area contributed by atoms with Crippen molar-refractivity contribution in [3.63, 3.8) is 0 Å². The van der Waals surface area contributed by atoms with E-state index in [4.69, 9.17) is 0 Å². The molecule has 0 N–H and O–H groups in total. The van der Waals surface area contributed by atoms with Crippen molar-refractivity contribution >= 4 is 21.2 Å². The summed E-state index contributed by atoms with van der Waals surface area (Å²) >= 11 is 0. The van der Waals surface area contributed by atoms with Gasteiger partial charge in [-0.05, 0) is 76.1 Å². The lowest BCUT2D eigenvalue weighted by atomic mass is 10.1. The fourth-order valence-electron chi connectivity index (χ4n) is 4.69. The molecule has 33 heavy (non-hydrogen) atoms. The van der Waals surface area contributed by atoms with Crippen molar-refractivity contribution in [3.05, 3.63) is 41.9 Å². The molecule has 0 atom stereocenters. The van der Waals surface area contributed by atoms with Gasteiger partial charge in [0.2, 0.25) is 0 Å². The number of nitrogens with zero attached hydrogens (tertiary/aromatic N) is 6. The highest BCUT2D eigenvalue weighted by molar-refractivity contribution is 7.93. The standard InChI is InChI=1S/C24H28N6O2S/c1-24(2,3)33(31,32)18-7-10-29(11-8-18)23-22-19(17-4-5-17)13-21(30(22)28-15-27-23)20-12-16(14-25)6-9-26-20/h6,9,12-13,15,17-18H,4-5,7-8,10-11H2,1-3H3. The van der Waals surface area contributed by atoms with E-state index >= 15 is 0 Å². The Balaban J connectivity index is 1.53. The Morgan fingerprint density at radius 2 is 1.82 bits per heavy atom. The third kappa shape index (κ3) is 3.76. The Morgan fingerprint density at radius 3 is 2.45 bits per heavy atom. The number of pyridine rings is 1. The van der Waals surface area contributed by atoms with E-state index in [9.17, 15) is 13.7 Å². The molecule has 0 bridgehead atoms. The maximum atomic E-state index is 12.9. The second-order valence-corrected chi connectivity index (χ2v) is 13.0. The van der Waals surface area contributed by atoms with Crippen LogP contribution in [0.3, 0.4) is 0 Å². The molecule has 0 unspecified atom stereocenters. The summed E-state index contributed by atoms with van der Waals surface area (Å²) in [6.07, 6.45) is 6.64. The average Bonchev–Trinajstić information content (AvgIpc) is 3.58. The van der Waals surface area contributed by atoms with Crippen molar-refractivity contribution in [2.75, 3.05) is 18.0 Å². The summed E-state index contributed by atoms with van der Waals surface area (Å²) in [5.74, 6) is 1.32. The van der Waals surface area contributed by atoms with Gasteiger partial charge in [-0.15, -0.1) is 0 Å². The lowest BCUT2D eigenvalue weighted by Crippen LogP contribution is -2.45. The van der Waals surface area contributed by atoms with Gasteiger partial charge in [-0.2, -0.15) is 10.4 Å². The van der Waals surface area contributed by atoms with Crippen LogP contribution < -0.4 is 4.90 Å². The Bertz CT molecular complexity index is 1350. The van der Waals surface area contributed by atoms with Crippen LogP contribution in [-0.2, 0) is 9.84 Å². The molecule has 9 heteroatoms. The van der Waals surface area contributed by atoms with Gasteiger partial charge in [0.1, 0.15) is 11.8 Å². The van der Waals surface area contributed by atoms with Gasteiger partial charge in [0.05, 0.1) is 33.0 Å². The Hall–Kier alpha value is -2.99. The van der Waals surface area contributed by atoms with Crippen LogP contribution in [-0.4, -0.2) is 51.1 Å². The molecule has 1 saturated heterocycles. The van der Waals surface area contributed by atoms with E-state index in [0.29, 0.717) is 43.1 Å². The van der Waals surface area contributed by atoms with Crippen LogP contribution in [0.25, 0.3) is 16.9 Å². The third-order valence-electron chi connectivity index (χ3n) is 6.77. The average molecular weight is 465 g/mol. The van der Waals surface area contributed by atoms with Crippen LogP contribution in [0.5, 0.6) is 0 Å². The van der Waals surface area contributed by atoms with Crippen molar-refractivity contribution < 1.29 is 8.42 Å². The summed E-state index contributed by atoms with van der Waals surface area (Å²) in [6.45, 7) is 6.62. The summed E-state index contributed by atoms with van der Waals surface area (Å²) in [7, 11) is -3.20. The number of fused-ring (bicyclic) bond motifs is 1. The minimum absolute atomic E-state index is 0.324. The largest absolute Gasteiger partial charge is 0.355 e. The zero-order valence-electron chi connectivity index (χ0n) is 19.2. The lowest BCUT2D eigenvalue weighted by Gasteiger charge is -2.35. The molecule has 0 radical (unpaired) electrons. The number of sulfone groups is 1. The van der Waals surface area contributed by atoms with E-state index in [0.717, 1.165) is 29.9 Å². The van der Waals surface area contributed by atoms with Crippen molar-refractivity contribution in [2.24, 2.45) is 0 Å². The molecule has 5 rings (SSSR count). The van der Waals surface area contributed by atoms with Crippen LogP contribution in [0.2, 0.25) is 0 Å². The highest BCUT2D eigenvalue weighted by atomic mass is 32.2. The number of piperidine rings is 1. The van der Waals surface area contributed by atoms with E-state index in [1.165, 1.54) is 5.56 Å². The van der Waals surface area contributed by atoms with Crippen LogP contribution in [0.15, 0.2) is 30.7 Å². The predicted molar refractivity (Wildman–Crippen MR) is 127 cm³/mol. The SMILES string of the molecule is CC(C)(C)S(=O)(=O)C1CCN(c2ncnn3c(-c4cc(C#N)ccn4)cc(C4CC4)c23)CC1. The van der Waals surface area contributed by atoms with Gasteiger partial charge < -0.3 is 4.90 Å². The quantitative estimate of drug-likeness (QED) is 0.579. The molecule has 0 spiro atoms. The molecule has 1 aliphatic heterocycles. The highest BCUT2D eigenvalue weighted by Gasteiger charge is 2.39. The maximum Gasteiger partial charge on any atom is 0.158 e. The zero-order chi connectivity index (χ0) is 23.4. The molecule has 0 aromatic carbocycles. The molecule has 2 fully saturated rings. The second kappa shape index (κ2) is 7.80. The third-order valence-corrected chi connectivity index (χ3v) is 9.82. The molecular formula is C24H28N6O2S. The zero-order valence-corrected chi connectivity index (χ0v) is 20.0. The minimum atomic E-state index is -3.20. The molecule has 0 amide bonds. The summed E-state index contributed by atoms with van der Waals surface area (Å²) in [6, 6.07) is 7.78. The van der Waals surface area contributed by atoms with Gasteiger partial charge in [0.15, 0.2) is 15.7 Å². The van der Waals surface area contributed by atoms with Gasteiger partial charge in [0.25, 0.3) is 0 Å². The fourth-order valence-corrected chi connectivity index (χ4v) is 6.53. The summed E-state index contributed by atoms with van der Waals surface area (Å²) < 4.78 is 27.0. The summed E-state index contributed by atoms with van der Waals surface area (Å²) in [5.41, 5.74) is 4.28. The van der Waals surface area contributed by atoms with Crippen LogP contribution in [0.1, 0.15) is 63.5 Å². The molecule has 4 heterocycles. The normalized spacial score (nSPS) is 17.9. The number of hydrogen-bond donors (Lipinski definition) is 0. The lowest BCUT2D eigenvalue weighted by molar-refractivity contribution is 0.504. The van der Waals surface area contributed by atoms with Crippen molar-refractivity contribution in [1.82, 2.24) is 19.6 Å². The smallest absolute Gasteiger partial charge is 0.158 e. The first kappa shape index (κ1) is 21.8. The van der Waals surface area contributed by atoms with Crippen LogP contribution >= 0.6 is 0 Å². The summed E-state index contributed by atoms with van der Waals surface area (Å²) in [5, 5.41) is 13.5. The van der Waals surface area contributed by atoms with Crippen molar-refractivity contribution in [3.8, 4) is 17.5 Å². The van der Waals surface area contributed by atoms with E-state index in [2.05, 4.69) is 32.1 Å². The topological polar surface area (TPSA) is 104 Å². The molecule has 3 aromatic rings. The highest BCUT2D eigenvalue weighted by Crippen LogP contribution is 2.46. The Morgan fingerprint density at radius 1 is 1.09 bits per heavy atom. The molecule has 172 valence electrons. The van der Waals surface area contributed by atoms with Crippen molar-refractivity contribution in [1.29, 1.82) is 5.26 Å². The molecule has 2 aliphatic rings. The number of hydrogen-bond acceptors (Lipinski definition) is 7. The fraction of sp³-hybridized carbons (Fsp3) is 0.500. The van der Waals surface area contributed by atoms with Crippen LogP contribution in [0.4, 0.5) is 5.82 Å². The number of anilines is 1. The maximum absolute atomic E-state index is 12.9. The molecule has 1 aliphatic carbocycles. The first-order valence-electron chi connectivity index (χ1n) is 11.4. The Labute approximate surface area is 194 Å². The number of aromatic nitrogens is 4. The molecule has 1 saturated carbocycles. The second-order valence-electron chi connectivity index (χ2n) is 9.99. The van der Waals surface area contributed by atoms with E-state index in [-0.39, 0.29) is 5.25 Å². The van der Waals surface area contributed by atoms with Gasteiger partial charge in [0, 0.05) is 19.3 Å². The number of rotatable bonds is 4. The molecule has 3 aromatic heterocycles. The van der Waals surface area contributed by atoms with Gasteiger partial charge in [-0.1, -0.05) is 0 Å². The minimum Gasteiger partial charge on any atom is -0.355 e. The van der Waals surface area contributed by atoms with E-state index < -0.39 is 14.6 Å². The first-order chi connectivity index (χ1) is 15.7. The molecule has 8 nitrogen and oxygen atoms in total. The van der Waals surface area contributed by atoms with Gasteiger partial charge in [-0.25, -0.2) is 17.9 Å². The van der Waals surface area contributed by atoms with Gasteiger partial charge in [-0.3, -0.25) is 4.98 Å². The predicted octanol–water partition coefficient (Wildman–Crippen LogP) is 3.72. The monoisotopic (exact) mass is 464 g/mol. The number of nitriles is 1. The van der Waals surface area contributed by atoms with Crippen molar-refractivity contribution in [2.45, 2.75) is 62.4 Å². The summed E-state index contributed by atoms with van der Waals surface area (Å²) in [4.78, 5) is 11.3.